The van der Waals surface area contributed by atoms with Crippen LogP contribution in [-0.4, -0.2) is 23.0 Å². The summed E-state index contributed by atoms with van der Waals surface area (Å²) in [6.45, 7) is 3.99. The van der Waals surface area contributed by atoms with E-state index in [1.165, 1.54) is 13.3 Å². The number of nitrogens with zero attached hydrogens (tertiary/aromatic N) is 2. The van der Waals surface area contributed by atoms with E-state index in [-0.39, 0.29) is 11.8 Å². The molecule has 2 aromatic heterocycles. The van der Waals surface area contributed by atoms with Crippen LogP contribution in [0.3, 0.4) is 0 Å². The van der Waals surface area contributed by atoms with Crippen molar-refractivity contribution in [2.24, 2.45) is 0 Å². The van der Waals surface area contributed by atoms with Crippen molar-refractivity contribution in [3.63, 3.8) is 0 Å². The van der Waals surface area contributed by atoms with Crippen LogP contribution in [0.1, 0.15) is 35.8 Å². The molecule has 2 heterocycles. The first kappa shape index (κ1) is 14.8. The van der Waals surface area contributed by atoms with Gasteiger partial charge in [-0.2, -0.15) is 0 Å². The number of nitrogens with two attached hydrogens (primary N) is 1. The standard InChI is InChI=1S/C15H18N4O2/c1-9(2)12-6-10(7-13(16)19-12)15(20)18-11-4-5-14(21-3)17-8-11/h4-9H,1-3H3,(H2,16,19)(H,18,20). The number of methoxy groups -OCH3 is 1. The van der Waals surface area contributed by atoms with E-state index in [4.69, 9.17) is 10.5 Å². The lowest BCUT2D eigenvalue weighted by atomic mass is 10.1. The summed E-state index contributed by atoms with van der Waals surface area (Å²) in [6.07, 6.45) is 1.53. The Hall–Kier alpha value is -2.63. The molecule has 6 heteroatoms. The van der Waals surface area contributed by atoms with Gasteiger partial charge in [0.15, 0.2) is 0 Å². The van der Waals surface area contributed by atoms with E-state index in [1.54, 1.807) is 24.3 Å². The maximum atomic E-state index is 12.2. The predicted molar refractivity (Wildman–Crippen MR) is 81.5 cm³/mol. The summed E-state index contributed by atoms with van der Waals surface area (Å²) in [5.41, 5.74) is 7.59. The summed E-state index contributed by atoms with van der Waals surface area (Å²) < 4.78 is 4.97. The van der Waals surface area contributed by atoms with Gasteiger partial charge in [-0.15, -0.1) is 0 Å². The normalized spacial score (nSPS) is 10.5. The van der Waals surface area contributed by atoms with Gasteiger partial charge in [-0.3, -0.25) is 4.79 Å². The number of carbonyl (C=O) groups is 1. The van der Waals surface area contributed by atoms with E-state index >= 15 is 0 Å². The first-order valence-electron chi connectivity index (χ1n) is 6.58. The smallest absolute Gasteiger partial charge is 0.255 e. The van der Waals surface area contributed by atoms with Crippen LogP contribution in [-0.2, 0) is 0 Å². The van der Waals surface area contributed by atoms with Gasteiger partial charge in [-0.1, -0.05) is 13.8 Å². The van der Waals surface area contributed by atoms with Gasteiger partial charge < -0.3 is 15.8 Å². The van der Waals surface area contributed by atoms with Gasteiger partial charge in [0.25, 0.3) is 5.91 Å². The molecule has 0 aliphatic rings. The van der Waals surface area contributed by atoms with Gasteiger partial charge in [-0.25, -0.2) is 9.97 Å². The summed E-state index contributed by atoms with van der Waals surface area (Å²) in [6, 6.07) is 6.69. The first-order chi connectivity index (χ1) is 9.99. The quantitative estimate of drug-likeness (QED) is 0.901. The van der Waals surface area contributed by atoms with Crippen molar-refractivity contribution < 1.29 is 9.53 Å². The van der Waals surface area contributed by atoms with Crippen molar-refractivity contribution in [1.82, 2.24) is 9.97 Å². The number of hydrogen-bond acceptors (Lipinski definition) is 5. The number of nitrogen functional groups attached to an aromatic ring is 1. The van der Waals surface area contributed by atoms with E-state index in [2.05, 4.69) is 15.3 Å². The monoisotopic (exact) mass is 286 g/mol. The second-order valence-corrected chi connectivity index (χ2v) is 4.90. The highest BCUT2D eigenvalue weighted by Crippen LogP contribution is 2.18. The Morgan fingerprint density at radius 2 is 2.10 bits per heavy atom. The summed E-state index contributed by atoms with van der Waals surface area (Å²) in [4.78, 5) is 20.5. The van der Waals surface area contributed by atoms with E-state index < -0.39 is 0 Å². The van der Waals surface area contributed by atoms with E-state index in [9.17, 15) is 4.79 Å². The van der Waals surface area contributed by atoms with Crippen LogP contribution in [0.5, 0.6) is 5.88 Å². The molecule has 110 valence electrons. The molecule has 2 aromatic rings. The number of rotatable bonds is 4. The molecule has 0 aliphatic carbocycles. The third kappa shape index (κ3) is 3.68. The molecule has 0 saturated carbocycles. The Kier molecular flexibility index (Phi) is 4.37. The molecule has 3 N–H and O–H groups in total. The molecule has 1 amide bonds. The maximum absolute atomic E-state index is 12.2. The van der Waals surface area contributed by atoms with Crippen LogP contribution in [0.4, 0.5) is 11.5 Å². The molecule has 0 aromatic carbocycles. The number of nitrogens with one attached hydrogen (secondary N) is 1. The summed E-state index contributed by atoms with van der Waals surface area (Å²) in [5, 5.41) is 2.76. The lowest BCUT2D eigenvalue weighted by molar-refractivity contribution is 0.102. The van der Waals surface area contributed by atoms with Crippen LogP contribution in [0.2, 0.25) is 0 Å². The highest BCUT2D eigenvalue weighted by molar-refractivity contribution is 6.04. The fourth-order valence-electron chi connectivity index (χ4n) is 1.78. The van der Waals surface area contributed by atoms with Crippen LogP contribution in [0.15, 0.2) is 30.5 Å². The molecule has 2 rings (SSSR count). The van der Waals surface area contributed by atoms with Gasteiger partial charge in [0.05, 0.1) is 19.0 Å². The molecule has 6 nitrogen and oxygen atoms in total. The van der Waals surface area contributed by atoms with Crippen molar-refractivity contribution in [3.05, 3.63) is 41.7 Å². The Bertz CT molecular complexity index is 639. The molecule has 0 aliphatic heterocycles. The van der Waals surface area contributed by atoms with Crippen molar-refractivity contribution in [1.29, 1.82) is 0 Å². The summed E-state index contributed by atoms with van der Waals surface area (Å²) in [7, 11) is 1.54. The van der Waals surface area contributed by atoms with Crippen molar-refractivity contribution >= 4 is 17.4 Å². The minimum absolute atomic E-state index is 0.197. The lowest BCUT2D eigenvalue weighted by Crippen LogP contribution is -2.14. The minimum Gasteiger partial charge on any atom is -0.481 e. The molecular formula is C15H18N4O2. The molecule has 0 saturated heterocycles. The van der Waals surface area contributed by atoms with E-state index in [1.807, 2.05) is 13.8 Å². The SMILES string of the molecule is COc1ccc(NC(=O)c2cc(N)nc(C(C)C)c2)cn1. The number of anilines is 2. The van der Waals surface area contributed by atoms with Crippen LogP contribution < -0.4 is 15.8 Å². The number of aromatic nitrogens is 2. The zero-order valence-electron chi connectivity index (χ0n) is 12.3. The predicted octanol–water partition coefficient (Wildman–Crippen LogP) is 2.44. The molecule has 0 radical (unpaired) electrons. The third-order valence-corrected chi connectivity index (χ3v) is 2.92. The number of ether oxygens (including phenoxy) is 1. The second kappa shape index (κ2) is 6.21. The van der Waals surface area contributed by atoms with E-state index in [0.717, 1.165) is 5.69 Å². The van der Waals surface area contributed by atoms with Crippen molar-refractivity contribution in [2.75, 3.05) is 18.2 Å². The Labute approximate surface area is 123 Å². The van der Waals surface area contributed by atoms with Crippen LogP contribution >= 0.6 is 0 Å². The van der Waals surface area contributed by atoms with Crippen LogP contribution in [0.25, 0.3) is 0 Å². The Morgan fingerprint density at radius 1 is 1.33 bits per heavy atom. The average molecular weight is 286 g/mol. The fourth-order valence-corrected chi connectivity index (χ4v) is 1.78. The average Bonchev–Trinajstić information content (AvgIpc) is 2.47. The second-order valence-electron chi connectivity index (χ2n) is 4.90. The van der Waals surface area contributed by atoms with Gasteiger partial charge in [0, 0.05) is 17.3 Å². The number of amides is 1. The molecule has 0 atom stereocenters. The first-order valence-corrected chi connectivity index (χ1v) is 6.58. The zero-order chi connectivity index (χ0) is 15.4. The highest BCUT2D eigenvalue weighted by Gasteiger charge is 2.11. The third-order valence-electron chi connectivity index (χ3n) is 2.92. The Balaban J connectivity index is 2.19. The van der Waals surface area contributed by atoms with Gasteiger partial charge in [-0.05, 0) is 24.1 Å². The number of pyridine rings is 2. The molecule has 21 heavy (non-hydrogen) atoms. The molecule has 0 spiro atoms. The largest absolute Gasteiger partial charge is 0.481 e. The molecule has 0 fully saturated rings. The maximum Gasteiger partial charge on any atom is 0.255 e. The zero-order valence-corrected chi connectivity index (χ0v) is 12.3. The lowest BCUT2D eigenvalue weighted by Gasteiger charge is -2.10. The van der Waals surface area contributed by atoms with E-state index in [0.29, 0.717) is 22.9 Å². The summed E-state index contributed by atoms with van der Waals surface area (Å²) in [5.74, 6) is 0.767. The minimum atomic E-state index is -0.252. The molecule has 0 bridgehead atoms. The van der Waals surface area contributed by atoms with Gasteiger partial charge >= 0.3 is 0 Å². The number of carbonyl (C=O) groups excluding carboxylic acids is 1. The topological polar surface area (TPSA) is 90.1 Å². The number of hydrogen-bond donors (Lipinski definition) is 2. The molecular weight excluding hydrogens is 268 g/mol. The fraction of sp³-hybridized carbons (Fsp3) is 0.267. The van der Waals surface area contributed by atoms with Crippen molar-refractivity contribution in [2.45, 2.75) is 19.8 Å². The van der Waals surface area contributed by atoms with Crippen LogP contribution in [0, 0.1) is 0 Å². The Morgan fingerprint density at radius 3 is 2.67 bits per heavy atom. The van der Waals surface area contributed by atoms with Gasteiger partial charge in [0.2, 0.25) is 5.88 Å². The van der Waals surface area contributed by atoms with Gasteiger partial charge in [0.1, 0.15) is 5.82 Å². The highest BCUT2D eigenvalue weighted by atomic mass is 16.5. The van der Waals surface area contributed by atoms with Crippen molar-refractivity contribution in [3.8, 4) is 5.88 Å². The molecule has 0 unspecified atom stereocenters. The summed E-state index contributed by atoms with van der Waals surface area (Å²) >= 11 is 0.